The average molecular weight is 397 g/mol. The summed E-state index contributed by atoms with van der Waals surface area (Å²) in [5.41, 5.74) is 1.82. The maximum absolute atomic E-state index is 10.9. The Morgan fingerprint density at radius 2 is 2.15 bits per heavy atom. The van der Waals surface area contributed by atoms with Gasteiger partial charge in [0.05, 0.1) is 4.92 Å². The fourth-order valence-corrected chi connectivity index (χ4v) is 5.26. The Morgan fingerprint density at radius 3 is 3.04 bits per heavy atom. The molecule has 1 aliphatic carbocycles. The van der Waals surface area contributed by atoms with Crippen LogP contribution in [0.3, 0.4) is 0 Å². The average Bonchev–Trinajstić information content (AvgIpc) is 3.37. The van der Waals surface area contributed by atoms with E-state index in [9.17, 15) is 10.1 Å². The van der Waals surface area contributed by atoms with Gasteiger partial charge in [0, 0.05) is 28.0 Å². The SMILES string of the molecule is O=[N+]([O-])c1cccc(-c2nnc(Sc3ncnc4sc5c(c34)CCC5)o2)c1. The van der Waals surface area contributed by atoms with Crippen molar-refractivity contribution in [3.8, 4) is 11.5 Å². The van der Waals surface area contributed by atoms with E-state index in [4.69, 9.17) is 4.42 Å². The number of hydrogen-bond donors (Lipinski definition) is 0. The highest BCUT2D eigenvalue weighted by Gasteiger charge is 2.23. The summed E-state index contributed by atoms with van der Waals surface area (Å²) in [6, 6.07) is 6.12. The molecule has 0 radical (unpaired) electrons. The molecule has 0 atom stereocenters. The van der Waals surface area contributed by atoms with Gasteiger partial charge in [-0.1, -0.05) is 6.07 Å². The van der Waals surface area contributed by atoms with Gasteiger partial charge in [-0.3, -0.25) is 10.1 Å². The summed E-state index contributed by atoms with van der Waals surface area (Å²) in [4.78, 5) is 21.7. The van der Waals surface area contributed by atoms with Crippen molar-refractivity contribution in [2.45, 2.75) is 29.5 Å². The van der Waals surface area contributed by atoms with Gasteiger partial charge >= 0.3 is 0 Å². The van der Waals surface area contributed by atoms with Crippen LogP contribution < -0.4 is 0 Å². The summed E-state index contributed by atoms with van der Waals surface area (Å²) in [5, 5.41) is 21.3. The van der Waals surface area contributed by atoms with E-state index >= 15 is 0 Å². The van der Waals surface area contributed by atoms with Crippen molar-refractivity contribution in [3.05, 3.63) is 51.1 Å². The molecule has 0 saturated heterocycles. The molecule has 1 aliphatic rings. The van der Waals surface area contributed by atoms with Crippen LogP contribution in [0.1, 0.15) is 16.9 Å². The minimum atomic E-state index is -0.454. The third-order valence-electron chi connectivity index (χ3n) is 4.36. The van der Waals surface area contributed by atoms with Crippen molar-refractivity contribution < 1.29 is 9.34 Å². The highest BCUT2D eigenvalue weighted by atomic mass is 32.2. The topological polar surface area (TPSA) is 108 Å². The summed E-state index contributed by atoms with van der Waals surface area (Å²) < 4.78 is 5.71. The van der Waals surface area contributed by atoms with E-state index in [0.29, 0.717) is 10.8 Å². The lowest BCUT2D eigenvalue weighted by Gasteiger charge is -2.00. The number of aryl methyl sites for hydroxylation is 2. The van der Waals surface area contributed by atoms with Gasteiger partial charge < -0.3 is 4.42 Å². The fraction of sp³-hybridized carbons (Fsp3) is 0.176. The molecule has 0 fully saturated rings. The number of nitro benzene ring substituents is 1. The van der Waals surface area contributed by atoms with Gasteiger partial charge in [-0.15, -0.1) is 21.5 Å². The highest BCUT2D eigenvalue weighted by molar-refractivity contribution is 7.99. The largest absolute Gasteiger partial charge is 0.411 e. The first kappa shape index (κ1) is 16.3. The second kappa shape index (κ2) is 6.39. The maximum atomic E-state index is 10.9. The molecule has 10 heteroatoms. The molecular weight excluding hydrogens is 386 g/mol. The van der Waals surface area contributed by atoms with E-state index in [-0.39, 0.29) is 11.6 Å². The quantitative estimate of drug-likeness (QED) is 0.285. The number of benzene rings is 1. The molecule has 8 nitrogen and oxygen atoms in total. The Bertz CT molecular complexity index is 1190. The lowest BCUT2D eigenvalue weighted by molar-refractivity contribution is -0.384. The second-order valence-corrected chi connectivity index (χ2v) is 8.02. The number of rotatable bonds is 4. The molecular formula is C17H11N5O3S2. The Morgan fingerprint density at radius 1 is 1.22 bits per heavy atom. The number of hydrogen-bond acceptors (Lipinski definition) is 9. The monoisotopic (exact) mass is 397 g/mol. The van der Waals surface area contributed by atoms with E-state index in [1.165, 1.54) is 34.3 Å². The van der Waals surface area contributed by atoms with E-state index in [1.54, 1.807) is 29.8 Å². The van der Waals surface area contributed by atoms with Crippen LogP contribution in [0.5, 0.6) is 0 Å². The highest BCUT2D eigenvalue weighted by Crippen LogP contribution is 2.41. The smallest absolute Gasteiger partial charge is 0.283 e. The van der Waals surface area contributed by atoms with E-state index in [2.05, 4.69) is 20.2 Å². The number of non-ortho nitro benzene ring substituents is 1. The van der Waals surface area contributed by atoms with Crippen molar-refractivity contribution in [1.29, 1.82) is 0 Å². The molecule has 0 saturated carbocycles. The zero-order chi connectivity index (χ0) is 18.4. The molecule has 134 valence electrons. The van der Waals surface area contributed by atoms with Crippen molar-refractivity contribution >= 4 is 39.0 Å². The van der Waals surface area contributed by atoms with Crippen LogP contribution in [-0.2, 0) is 12.8 Å². The molecule has 0 amide bonds. The molecule has 0 N–H and O–H groups in total. The Kier molecular flexibility index (Phi) is 3.87. The number of thiophene rings is 1. The minimum absolute atomic E-state index is 0.0220. The summed E-state index contributed by atoms with van der Waals surface area (Å²) in [6.45, 7) is 0. The number of fused-ring (bicyclic) bond motifs is 3. The van der Waals surface area contributed by atoms with Gasteiger partial charge in [0.2, 0.25) is 5.89 Å². The molecule has 0 spiro atoms. The summed E-state index contributed by atoms with van der Waals surface area (Å²) in [6.07, 6.45) is 4.85. The molecule has 0 bridgehead atoms. The van der Waals surface area contributed by atoms with E-state index in [0.717, 1.165) is 34.5 Å². The van der Waals surface area contributed by atoms with Crippen molar-refractivity contribution in [2.75, 3.05) is 0 Å². The van der Waals surface area contributed by atoms with Crippen LogP contribution >= 0.6 is 23.1 Å². The molecule has 4 aromatic rings. The maximum Gasteiger partial charge on any atom is 0.283 e. The third-order valence-corrected chi connectivity index (χ3v) is 6.40. The lowest BCUT2D eigenvalue weighted by Crippen LogP contribution is -1.88. The normalized spacial score (nSPS) is 13.2. The first-order chi connectivity index (χ1) is 13.2. The van der Waals surface area contributed by atoms with Gasteiger partial charge in [0.15, 0.2) is 0 Å². The van der Waals surface area contributed by atoms with Gasteiger partial charge in [-0.2, -0.15) is 0 Å². The van der Waals surface area contributed by atoms with Crippen LogP contribution in [-0.4, -0.2) is 25.1 Å². The first-order valence-electron chi connectivity index (χ1n) is 8.20. The van der Waals surface area contributed by atoms with Crippen molar-refractivity contribution in [2.24, 2.45) is 0 Å². The molecule has 0 unspecified atom stereocenters. The predicted molar refractivity (Wildman–Crippen MR) is 100.0 cm³/mol. The van der Waals surface area contributed by atoms with Crippen LogP contribution in [0.4, 0.5) is 5.69 Å². The summed E-state index contributed by atoms with van der Waals surface area (Å²) in [5.74, 6) is 0.238. The van der Waals surface area contributed by atoms with Gasteiger partial charge in [0.25, 0.3) is 10.9 Å². The van der Waals surface area contributed by atoms with E-state index < -0.39 is 4.92 Å². The van der Waals surface area contributed by atoms with Crippen LogP contribution in [0.2, 0.25) is 0 Å². The van der Waals surface area contributed by atoms with Gasteiger partial charge in [-0.05, 0) is 42.7 Å². The van der Waals surface area contributed by atoms with Gasteiger partial charge in [-0.25, -0.2) is 9.97 Å². The first-order valence-corrected chi connectivity index (χ1v) is 9.84. The summed E-state index contributed by atoms with van der Waals surface area (Å²) in [7, 11) is 0. The van der Waals surface area contributed by atoms with Crippen LogP contribution in [0.15, 0.2) is 45.3 Å². The van der Waals surface area contributed by atoms with E-state index in [1.807, 2.05) is 0 Å². The standard InChI is InChI=1S/C17H11N5O3S2/c23-22(24)10-4-1-3-9(7-10)14-20-21-17(25-14)27-16-13-11-5-2-6-12(11)26-15(13)18-8-19-16/h1,3-4,7-8H,2,5-6H2. The number of nitrogens with zero attached hydrogens (tertiary/aromatic N) is 5. The van der Waals surface area contributed by atoms with Crippen molar-refractivity contribution in [1.82, 2.24) is 20.2 Å². The second-order valence-electron chi connectivity index (χ2n) is 6.00. The third kappa shape index (κ3) is 2.86. The summed E-state index contributed by atoms with van der Waals surface area (Å²) >= 11 is 3.02. The predicted octanol–water partition coefficient (Wildman–Crippen LogP) is 4.29. The molecule has 0 aliphatic heterocycles. The minimum Gasteiger partial charge on any atom is -0.411 e. The Labute approximate surface area is 160 Å². The van der Waals surface area contributed by atoms with Crippen molar-refractivity contribution in [3.63, 3.8) is 0 Å². The molecule has 3 aromatic heterocycles. The molecule has 3 heterocycles. The molecule has 1 aromatic carbocycles. The zero-order valence-corrected chi connectivity index (χ0v) is 15.4. The fourth-order valence-electron chi connectivity index (χ4n) is 3.18. The van der Waals surface area contributed by atoms with Gasteiger partial charge in [0.1, 0.15) is 16.2 Å². The number of aromatic nitrogens is 4. The Balaban J connectivity index is 1.49. The molecule has 27 heavy (non-hydrogen) atoms. The number of nitro groups is 1. The van der Waals surface area contributed by atoms with Crippen LogP contribution in [0, 0.1) is 10.1 Å². The molecule has 5 rings (SSSR count). The Hall–Kier alpha value is -2.85. The van der Waals surface area contributed by atoms with Crippen LogP contribution in [0.25, 0.3) is 21.7 Å². The zero-order valence-electron chi connectivity index (χ0n) is 13.8. The lowest BCUT2D eigenvalue weighted by atomic mass is 10.2.